The molecule has 6 heteroatoms. The summed E-state index contributed by atoms with van der Waals surface area (Å²) >= 11 is 0. The van der Waals surface area contributed by atoms with Crippen molar-refractivity contribution in [1.29, 1.82) is 0 Å². The third kappa shape index (κ3) is 4.02. The zero-order valence-electron chi connectivity index (χ0n) is 17.7. The van der Waals surface area contributed by atoms with E-state index < -0.39 is 0 Å². The molecule has 0 amide bonds. The maximum absolute atomic E-state index is 6.12. The second-order valence-corrected chi connectivity index (χ2v) is 8.41. The molecule has 2 unspecified atom stereocenters. The van der Waals surface area contributed by atoms with E-state index in [0.717, 1.165) is 29.0 Å². The summed E-state index contributed by atoms with van der Waals surface area (Å²) in [6.45, 7) is 12.4. The van der Waals surface area contributed by atoms with Crippen molar-refractivity contribution < 1.29 is 9.31 Å². The van der Waals surface area contributed by atoms with E-state index in [1.165, 1.54) is 0 Å². The lowest BCUT2D eigenvalue weighted by Crippen LogP contribution is -2.41. The fourth-order valence-electron chi connectivity index (χ4n) is 3.17. The van der Waals surface area contributed by atoms with Crippen LogP contribution in [0.2, 0.25) is 0 Å². The second kappa shape index (κ2) is 7.75. The molecule has 1 fully saturated rings. The Kier molecular flexibility index (Phi) is 5.72. The lowest BCUT2D eigenvalue weighted by molar-refractivity contribution is 0.00578. The summed E-state index contributed by atoms with van der Waals surface area (Å²) in [5.41, 5.74) is 2.36. The smallest absolute Gasteiger partial charge is 0.399 e. The molecule has 148 valence electrons. The van der Waals surface area contributed by atoms with E-state index in [0.29, 0.717) is 0 Å². The maximum atomic E-state index is 6.12. The first-order valence-corrected chi connectivity index (χ1v) is 9.90. The SMILES string of the molecule is C#CC(CC)NC(C)c1ncc(-c2ccc(B3OC(C)(C)C(C)(C)O3)cc2)[nH]1. The number of nitrogens with one attached hydrogen (secondary N) is 2. The summed E-state index contributed by atoms with van der Waals surface area (Å²) in [5, 5.41) is 3.40. The van der Waals surface area contributed by atoms with Crippen molar-refractivity contribution in [3.05, 3.63) is 36.3 Å². The van der Waals surface area contributed by atoms with Gasteiger partial charge in [-0.1, -0.05) is 37.1 Å². The van der Waals surface area contributed by atoms with E-state index in [1.54, 1.807) is 0 Å². The van der Waals surface area contributed by atoms with Crippen molar-refractivity contribution in [2.24, 2.45) is 0 Å². The predicted molar refractivity (Wildman–Crippen MR) is 114 cm³/mol. The summed E-state index contributed by atoms with van der Waals surface area (Å²) < 4.78 is 12.2. The van der Waals surface area contributed by atoms with E-state index >= 15 is 0 Å². The van der Waals surface area contributed by atoms with Crippen LogP contribution in [-0.2, 0) is 9.31 Å². The van der Waals surface area contributed by atoms with Gasteiger partial charge in [0.1, 0.15) is 5.82 Å². The number of terminal acetylenes is 1. The van der Waals surface area contributed by atoms with Gasteiger partial charge in [-0.25, -0.2) is 4.98 Å². The Labute approximate surface area is 168 Å². The van der Waals surface area contributed by atoms with Gasteiger partial charge in [-0.2, -0.15) is 0 Å². The Bertz CT molecular complexity index is 835. The number of imidazole rings is 1. The van der Waals surface area contributed by atoms with Crippen molar-refractivity contribution >= 4 is 12.6 Å². The first-order valence-electron chi connectivity index (χ1n) is 9.90. The third-order valence-electron chi connectivity index (χ3n) is 5.81. The van der Waals surface area contributed by atoms with E-state index in [1.807, 2.05) is 18.3 Å². The minimum absolute atomic E-state index is 0.0442. The van der Waals surface area contributed by atoms with Crippen molar-refractivity contribution in [2.75, 3.05) is 0 Å². The number of nitrogens with zero attached hydrogens (tertiary/aromatic N) is 1. The first-order chi connectivity index (χ1) is 13.2. The van der Waals surface area contributed by atoms with Crippen LogP contribution in [-0.4, -0.2) is 34.3 Å². The molecule has 2 heterocycles. The quantitative estimate of drug-likeness (QED) is 0.596. The molecule has 1 saturated heterocycles. The van der Waals surface area contributed by atoms with E-state index in [-0.39, 0.29) is 30.4 Å². The average Bonchev–Trinajstić information content (AvgIpc) is 3.22. The van der Waals surface area contributed by atoms with E-state index in [9.17, 15) is 0 Å². The first kappa shape index (κ1) is 20.7. The molecule has 28 heavy (non-hydrogen) atoms. The molecule has 1 aromatic heterocycles. The molecule has 0 bridgehead atoms. The Morgan fingerprint density at radius 2 is 1.79 bits per heavy atom. The van der Waals surface area contributed by atoms with Crippen molar-refractivity contribution in [3.63, 3.8) is 0 Å². The summed E-state index contributed by atoms with van der Waals surface area (Å²) in [5.74, 6) is 3.63. The predicted octanol–water partition coefficient (Wildman–Crippen LogP) is 3.44. The molecular formula is C22H30BN3O2. The molecule has 2 N–H and O–H groups in total. The Morgan fingerprint density at radius 1 is 1.18 bits per heavy atom. The number of benzene rings is 1. The molecule has 0 aliphatic carbocycles. The molecule has 1 aliphatic rings. The largest absolute Gasteiger partial charge is 0.494 e. The number of rotatable bonds is 6. The van der Waals surface area contributed by atoms with Gasteiger partial charge in [-0.15, -0.1) is 6.42 Å². The standard InChI is InChI=1S/C22H30BN3O2/c1-8-18(9-2)25-15(3)20-24-14-19(26-20)16-10-12-17(13-11-16)23-27-21(4,5)22(6,7)28-23/h1,10-15,18,25H,9H2,2-7H3,(H,24,26). The molecule has 3 rings (SSSR count). The Balaban J connectivity index is 1.71. The van der Waals surface area contributed by atoms with Crippen molar-refractivity contribution in [3.8, 4) is 23.6 Å². The topological polar surface area (TPSA) is 59.2 Å². The van der Waals surface area contributed by atoms with Gasteiger partial charge in [0.05, 0.1) is 35.2 Å². The van der Waals surface area contributed by atoms with Crippen LogP contribution in [0.4, 0.5) is 0 Å². The van der Waals surface area contributed by atoms with Crippen LogP contribution in [0, 0.1) is 12.3 Å². The average molecular weight is 379 g/mol. The molecular weight excluding hydrogens is 349 g/mol. The van der Waals surface area contributed by atoms with Crippen LogP contribution >= 0.6 is 0 Å². The van der Waals surface area contributed by atoms with Gasteiger partial charge in [0.2, 0.25) is 0 Å². The number of hydrogen-bond donors (Lipinski definition) is 2. The number of aromatic nitrogens is 2. The van der Waals surface area contributed by atoms with Gasteiger partial charge < -0.3 is 14.3 Å². The number of hydrogen-bond acceptors (Lipinski definition) is 4. The van der Waals surface area contributed by atoms with Crippen LogP contribution in [0.5, 0.6) is 0 Å². The monoisotopic (exact) mass is 379 g/mol. The van der Waals surface area contributed by atoms with Crippen LogP contribution in [0.1, 0.15) is 59.8 Å². The molecule has 0 spiro atoms. The minimum Gasteiger partial charge on any atom is -0.399 e. The van der Waals surface area contributed by atoms with Crippen LogP contribution in [0.25, 0.3) is 11.3 Å². The van der Waals surface area contributed by atoms with Crippen molar-refractivity contribution in [1.82, 2.24) is 15.3 Å². The van der Waals surface area contributed by atoms with Crippen LogP contribution in [0.15, 0.2) is 30.5 Å². The van der Waals surface area contributed by atoms with Gasteiger partial charge in [0.25, 0.3) is 0 Å². The van der Waals surface area contributed by atoms with Gasteiger partial charge in [0, 0.05) is 0 Å². The van der Waals surface area contributed by atoms with Gasteiger partial charge in [-0.3, -0.25) is 5.32 Å². The van der Waals surface area contributed by atoms with Crippen molar-refractivity contribution in [2.45, 2.75) is 71.2 Å². The normalized spacial score (nSPS) is 20.0. The van der Waals surface area contributed by atoms with E-state index in [4.69, 9.17) is 15.7 Å². The van der Waals surface area contributed by atoms with E-state index in [2.05, 4.69) is 74.9 Å². The molecule has 0 radical (unpaired) electrons. The van der Waals surface area contributed by atoms with Gasteiger partial charge >= 0.3 is 7.12 Å². The summed E-state index contributed by atoms with van der Waals surface area (Å²) in [7, 11) is -0.352. The Morgan fingerprint density at radius 3 is 2.32 bits per heavy atom. The number of H-pyrrole nitrogens is 1. The van der Waals surface area contributed by atoms with Crippen LogP contribution in [0.3, 0.4) is 0 Å². The van der Waals surface area contributed by atoms with Crippen LogP contribution < -0.4 is 10.8 Å². The summed E-state index contributed by atoms with van der Waals surface area (Å²) in [4.78, 5) is 7.91. The lowest BCUT2D eigenvalue weighted by atomic mass is 9.79. The summed E-state index contributed by atoms with van der Waals surface area (Å²) in [6, 6.07) is 8.32. The zero-order valence-corrected chi connectivity index (χ0v) is 17.7. The fraction of sp³-hybridized carbons (Fsp3) is 0.500. The molecule has 5 nitrogen and oxygen atoms in total. The molecule has 1 aromatic carbocycles. The third-order valence-corrected chi connectivity index (χ3v) is 5.81. The molecule has 1 aliphatic heterocycles. The zero-order chi connectivity index (χ0) is 20.5. The highest BCUT2D eigenvalue weighted by Crippen LogP contribution is 2.36. The lowest BCUT2D eigenvalue weighted by Gasteiger charge is -2.32. The fourth-order valence-corrected chi connectivity index (χ4v) is 3.17. The minimum atomic E-state index is -0.352. The highest BCUT2D eigenvalue weighted by Gasteiger charge is 2.51. The van der Waals surface area contributed by atoms with Gasteiger partial charge in [0.15, 0.2) is 0 Å². The maximum Gasteiger partial charge on any atom is 0.494 e. The molecule has 2 atom stereocenters. The second-order valence-electron chi connectivity index (χ2n) is 8.41. The highest BCUT2D eigenvalue weighted by atomic mass is 16.7. The Hall–Kier alpha value is -2.07. The molecule has 2 aromatic rings. The highest BCUT2D eigenvalue weighted by molar-refractivity contribution is 6.62. The number of aromatic amines is 1. The molecule has 0 saturated carbocycles. The summed E-state index contributed by atoms with van der Waals surface area (Å²) in [6.07, 6.45) is 8.28. The van der Waals surface area contributed by atoms with Gasteiger partial charge in [-0.05, 0) is 52.1 Å².